The third kappa shape index (κ3) is 4.46. The lowest BCUT2D eigenvalue weighted by Crippen LogP contribution is -2.46. The van der Waals surface area contributed by atoms with Crippen LogP contribution in [0.15, 0.2) is 30.6 Å². The molecule has 4 rings (SSSR count). The third-order valence-electron chi connectivity index (χ3n) is 6.82. The van der Waals surface area contributed by atoms with Crippen LogP contribution in [0.4, 0.5) is 0 Å². The number of morpholine rings is 1. The molecule has 0 unspecified atom stereocenters. The van der Waals surface area contributed by atoms with E-state index in [2.05, 4.69) is 18.0 Å². The lowest BCUT2D eigenvalue weighted by atomic mass is 9.72. The van der Waals surface area contributed by atoms with E-state index in [0.717, 1.165) is 40.8 Å². The zero-order chi connectivity index (χ0) is 22.0. The second-order valence-corrected chi connectivity index (χ2v) is 8.73. The van der Waals surface area contributed by atoms with Gasteiger partial charge in [0, 0.05) is 42.9 Å². The van der Waals surface area contributed by atoms with Gasteiger partial charge in [-0.1, -0.05) is 13.0 Å². The predicted octanol–water partition coefficient (Wildman–Crippen LogP) is 3.37. The first-order valence-electron chi connectivity index (χ1n) is 11.2. The molecule has 6 nitrogen and oxygen atoms in total. The maximum absolute atomic E-state index is 13.1. The highest BCUT2D eigenvalue weighted by molar-refractivity contribution is 5.79. The van der Waals surface area contributed by atoms with Crippen molar-refractivity contribution in [2.24, 2.45) is 11.8 Å². The minimum Gasteiger partial charge on any atom is -0.489 e. The van der Waals surface area contributed by atoms with Gasteiger partial charge in [0.15, 0.2) is 0 Å². The lowest BCUT2D eigenvalue weighted by molar-refractivity contribution is -0.143. The van der Waals surface area contributed by atoms with Crippen molar-refractivity contribution >= 4 is 5.91 Å². The molecule has 1 aliphatic carbocycles. The van der Waals surface area contributed by atoms with Crippen LogP contribution in [0.1, 0.15) is 47.3 Å². The molecule has 31 heavy (non-hydrogen) atoms. The van der Waals surface area contributed by atoms with Crippen LogP contribution in [0, 0.1) is 25.7 Å². The molecular formula is C25H32N2O4. The number of aliphatic hydroxyl groups excluding tert-OH is 1. The van der Waals surface area contributed by atoms with Gasteiger partial charge in [0.05, 0.1) is 19.3 Å². The van der Waals surface area contributed by atoms with Crippen molar-refractivity contribution in [3.05, 3.63) is 58.4 Å². The van der Waals surface area contributed by atoms with Gasteiger partial charge in [-0.3, -0.25) is 9.78 Å². The highest BCUT2D eigenvalue weighted by Crippen LogP contribution is 2.44. The minimum atomic E-state index is -0.676. The quantitative estimate of drug-likeness (QED) is 0.797. The number of fused-ring (bicyclic) bond motifs is 1. The van der Waals surface area contributed by atoms with E-state index >= 15 is 0 Å². The highest BCUT2D eigenvalue weighted by atomic mass is 16.5. The van der Waals surface area contributed by atoms with Crippen LogP contribution in [-0.2, 0) is 22.6 Å². The first kappa shape index (κ1) is 21.8. The van der Waals surface area contributed by atoms with Crippen molar-refractivity contribution in [2.45, 2.75) is 46.3 Å². The van der Waals surface area contributed by atoms with E-state index < -0.39 is 6.10 Å². The number of hydrogen-bond acceptors (Lipinski definition) is 5. The summed E-state index contributed by atoms with van der Waals surface area (Å²) in [7, 11) is 0. The molecule has 1 amide bonds. The van der Waals surface area contributed by atoms with Crippen LogP contribution in [-0.4, -0.2) is 47.2 Å². The predicted molar refractivity (Wildman–Crippen MR) is 118 cm³/mol. The maximum Gasteiger partial charge on any atom is 0.225 e. The molecule has 1 fully saturated rings. The zero-order valence-electron chi connectivity index (χ0n) is 18.6. The van der Waals surface area contributed by atoms with E-state index in [1.807, 2.05) is 30.9 Å². The van der Waals surface area contributed by atoms with Crippen molar-refractivity contribution in [1.29, 1.82) is 0 Å². The van der Waals surface area contributed by atoms with Gasteiger partial charge in [0.2, 0.25) is 5.91 Å². The number of benzene rings is 1. The van der Waals surface area contributed by atoms with Crippen molar-refractivity contribution in [3.63, 3.8) is 0 Å². The Bertz CT molecular complexity index is 925. The molecule has 6 heteroatoms. The largest absolute Gasteiger partial charge is 0.489 e. The van der Waals surface area contributed by atoms with Crippen molar-refractivity contribution in [2.75, 3.05) is 26.3 Å². The summed E-state index contributed by atoms with van der Waals surface area (Å²) in [6.07, 6.45) is 4.54. The van der Waals surface area contributed by atoms with Crippen LogP contribution in [0.3, 0.4) is 0 Å². The van der Waals surface area contributed by atoms with Gasteiger partial charge in [-0.25, -0.2) is 0 Å². The molecule has 1 aromatic carbocycles. The normalized spacial score (nSPS) is 22.0. The number of aromatic nitrogens is 1. The maximum atomic E-state index is 13.1. The van der Waals surface area contributed by atoms with Gasteiger partial charge in [0.25, 0.3) is 0 Å². The molecule has 0 radical (unpaired) electrons. The average molecular weight is 425 g/mol. The van der Waals surface area contributed by atoms with E-state index in [4.69, 9.17) is 9.47 Å². The van der Waals surface area contributed by atoms with Crippen LogP contribution in [0.2, 0.25) is 0 Å². The summed E-state index contributed by atoms with van der Waals surface area (Å²) < 4.78 is 11.5. The molecular weight excluding hydrogens is 392 g/mol. The number of carbonyl (C=O) groups is 1. The molecule has 1 N–H and O–H groups in total. The Balaban J connectivity index is 1.55. The van der Waals surface area contributed by atoms with E-state index in [0.29, 0.717) is 32.9 Å². The molecule has 1 aromatic heterocycles. The topological polar surface area (TPSA) is 71.9 Å². The second kappa shape index (κ2) is 9.37. The molecule has 166 valence electrons. The van der Waals surface area contributed by atoms with Crippen LogP contribution in [0.25, 0.3) is 0 Å². The summed E-state index contributed by atoms with van der Waals surface area (Å²) in [4.78, 5) is 19.1. The Morgan fingerprint density at radius 2 is 2.13 bits per heavy atom. The molecule has 0 spiro atoms. The summed E-state index contributed by atoms with van der Waals surface area (Å²) >= 11 is 0. The number of ether oxygens (including phenoxy) is 2. The number of carbonyl (C=O) groups excluding carboxylic acids is 1. The summed E-state index contributed by atoms with van der Waals surface area (Å²) in [6, 6.07) is 5.95. The van der Waals surface area contributed by atoms with Gasteiger partial charge >= 0.3 is 0 Å². The first-order chi connectivity index (χ1) is 15.0. The number of rotatable bonds is 5. The average Bonchev–Trinajstić information content (AvgIpc) is 2.80. The highest BCUT2D eigenvalue weighted by Gasteiger charge is 2.38. The fourth-order valence-corrected chi connectivity index (χ4v) is 4.95. The van der Waals surface area contributed by atoms with Crippen molar-refractivity contribution < 1.29 is 19.4 Å². The smallest absolute Gasteiger partial charge is 0.225 e. The summed E-state index contributed by atoms with van der Waals surface area (Å²) in [5.74, 6) is 0.566. The van der Waals surface area contributed by atoms with Crippen LogP contribution >= 0.6 is 0 Å². The zero-order valence-corrected chi connectivity index (χ0v) is 18.6. The number of nitrogens with zero attached hydrogens (tertiary/aromatic N) is 2. The van der Waals surface area contributed by atoms with Gasteiger partial charge in [0.1, 0.15) is 12.4 Å². The Morgan fingerprint density at radius 1 is 1.35 bits per heavy atom. The number of aryl methyl sites for hydroxylation is 1. The number of amides is 1. The van der Waals surface area contributed by atoms with Gasteiger partial charge in [-0.2, -0.15) is 0 Å². The monoisotopic (exact) mass is 424 g/mol. The Morgan fingerprint density at radius 3 is 2.84 bits per heavy atom. The minimum absolute atomic E-state index is 0.102. The standard InChI is InChI=1S/C25H32N2O4/c1-16-13-22(31-15-19-5-4-8-26-14-19)18(3)23-20(16)6-7-21(24(23)28)17(2)25(29)27-9-11-30-12-10-27/h4-5,8,13-14,17,21,24,28H,6-7,9-12,15H2,1-3H3/t17-,21-,24+/m0/s1. The van der Waals surface area contributed by atoms with E-state index in [1.165, 1.54) is 5.56 Å². The van der Waals surface area contributed by atoms with E-state index in [1.54, 1.807) is 12.4 Å². The second-order valence-electron chi connectivity index (χ2n) is 8.73. The fourth-order valence-electron chi connectivity index (χ4n) is 4.95. The molecule has 3 atom stereocenters. The Hall–Kier alpha value is -2.44. The molecule has 2 heterocycles. The van der Waals surface area contributed by atoms with Gasteiger partial charge < -0.3 is 19.5 Å². The van der Waals surface area contributed by atoms with Crippen molar-refractivity contribution in [3.8, 4) is 5.75 Å². The number of aliphatic hydroxyl groups is 1. The first-order valence-corrected chi connectivity index (χ1v) is 11.2. The van der Waals surface area contributed by atoms with E-state index in [9.17, 15) is 9.90 Å². The van der Waals surface area contributed by atoms with Crippen molar-refractivity contribution in [1.82, 2.24) is 9.88 Å². The summed E-state index contributed by atoms with van der Waals surface area (Å²) in [5.41, 5.74) is 5.24. The van der Waals surface area contributed by atoms with Gasteiger partial charge in [-0.15, -0.1) is 0 Å². The fraction of sp³-hybridized carbons (Fsp3) is 0.520. The lowest BCUT2D eigenvalue weighted by Gasteiger charge is -2.38. The summed E-state index contributed by atoms with van der Waals surface area (Å²) in [5, 5.41) is 11.4. The third-order valence-corrected chi connectivity index (χ3v) is 6.82. The van der Waals surface area contributed by atoms with Crippen LogP contribution in [0.5, 0.6) is 5.75 Å². The van der Waals surface area contributed by atoms with E-state index in [-0.39, 0.29) is 17.7 Å². The molecule has 1 saturated heterocycles. The SMILES string of the molecule is Cc1cc(OCc2cccnc2)c(C)c2c1CC[C@@H]([C@H](C)C(=O)N1CCOCC1)[C@H]2O. The van der Waals surface area contributed by atoms with Gasteiger partial charge in [-0.05, 0) is 61.1 Å². The van der Waals surface area contributed by atoms with Crippen LogP contribution < -0.4 is 4.74 Å². The summed E-state index contributed by atoms with van der Waals surface area (Å²) in [6.45, 7) is 8.91. The Labute approximate surface area is 184 Å². The molecule has 0 saturated carbocycles. The number of pyridine rings is 1. The molecule has 2 aromatic rings. The molecule has 2 aliphatic rings. The number of hydrogen-bond donors (Lipinski definition) is 1. The molecule has 1 aliphatic heterocycles. The Kier molecular flexibility index (Phi) is 6.58. The molecule has 0 bridgehead atoms.